The molecule has 3 rings (SSSR count). The zero-order valence-corrected chi connectivity index (χ0v) is 13.4. The maximum atomic E-state index is 13.0. The van der Waals surface area contributed by atoms with Crippen molar-refractivity contribution in [1.82, 2.24) is 0 Å². The first-order valence-corrected chi connectivity index (χ1v) is 8.84. The molecule has 1 aliphatic carbocycles. The number of rotatable bonds is 2. The number of carbonyl (C=O) groups is 1. The van der Waals surface area contributed by atoms with Crippen LogP contribution < -0.4 is 0 Å². The number of benzene rings is 1. The molecule has 0 fully saturated rings. The predicted octanol–water partition coefficient (Wildman–Crippen LogP) is 4.42. The number of ketones is 1. The van der Waals surface area contributed by atoms with E-state index in [0.29, 0.717) is 10.4 Å². The molecule has 0 saturated carbocycles. The van der Waals surface area contributed by atoms with E-state index in [1.807, 2.05) is 0 Å². The van der Waals surface area contributed by atoms with Gasteiger partial charge in [-0.15, -0.1) is 11.3 Å². The van der Waals surface area contributed by atoms with Crippen molar-refractivity contribution in [3.8, 4) is 10.4 Å². The predicted molar refractivity (Wildman–Crippen MR) is 81.6 cm³/mol. The van der Waals surface area contributed by atoms with Crippen molar-refractivity contribution in [1.29, 1.82) is 0 Å². The third-order valence-electron chi connectivity index (χ3n) is 3.47. The number of hydrogen-bond acceptors (Lipinski definition) is 4. The summed E-state index contributed by atoms with van der Waals surface area (Å²) in [5, 5.41) is 0. The highest BCUT2D eigenvalue weighted by molar-refractivity contribution is 7.96. The van der Waals surface area contributed by atoms with Crippen LogP contribution in [0.4, 0.5) is 17.6 Å². The van der Waals surface area contributed by atoms with E-state index in [1.165, 1.54) is 30.3 Å². The highest BCUT2D eigenvalue weighted by Crippen LogP contribution is 2.40. The van der Waals surface area contributed by atoms with Gasteiger partial charge in [-0.1, -0.05) is 12.1 Å². The Morgan fingerprint density at radius 3 is 2.29 bits per heavy atom. The van der Waals surface area contributed by atoms with E-state index in [9.17, 15) is 30.8 Å². The molecule has 0 spiro atoms. The van der Waals surface area contributed by atoms with Crippen molar-refractivity contribution >= 4 is 33.0 Å². The van der Waals surface area contributed by atoms with Crippen molar-refractivity contribution in [3.05, 3.63) is 51.5 Å². The fraction of sp³-hybridized carbons (Fsp3) is 0.133. The van der Waals surface area contributed by atoms with Crippen LogP contribution in [-0.2, 0) is 9.84 Å². The normalized spacial score (nSPS) is 15.2. The minimum absolute atomic E-state index is 0.147. The van der Waals surface area contributed by atoms with E-state index < -0.39 is 38.3 Å². The summed E-state index contributed by atoms with van der Waals surface area (Å²) in [7, 11) is -5.54. The summed E-state index contributed by atoms with van der Waals surface area (Å²) in [5.74, 6) is -1.14. The smallest absolute Gasteiger partial charge is 0.294 e. The second-order valence-electron chi connectivity index (χ2n) is 5.06. The maximum Gasteiger partial charge on any atom is 0.501 e. The molecule has 0 saturated heterocycles. The standard InChI is InChI=1S/C15H8F4O3S2/c16-9-3-1-8(2-4-9)13-7-11-12(20)5-10(6-14(11)23-13)24(21,22)15(17,18)19/h1-4,6-7H,5H2. The topological polar surface area (TPSA) is 51.2 Å². The largest absolute Gasteiger partial charge is 0.501 e. The number of hydrogen-bond donors (Lipinski definition) is 0. The number of alkyl halides is 3. The molecule has 0 aliphatic heterocycles. The number of thiophene rings is 1. The monoisotopic (exact) mass is 376 g/mol. The molecule has 0 unspecified atom stereocenters. The van der Waals surface area contributed by atoms with Gasteiger partial charge in [0.25, 0.3) is 9.84 Å². The second kappa shape index (κ2) is 5.52. The van der Waals surface area contributed by atoms with Crippen molar-refractivity contribution in [3.63, 3.8) is 0 Å². The third kappa shape index (κ3) is 2.78. The van der Waals surface area contributed by atoms with Gasteiger partial charge < -0.3 is 0 Å². The van der Waals surface area contributed by atoms with Gasteiger partial charge in [0.05, 0.1) is 4.91 Å². The molecular weight excluding hydrogens is 368 g/mol. The molecule has 0 bridgehead atoms. The van der Waals surface area contributed by atoms with Crippen LogP contribution in [-0.4, -0.2) is 19.7 Å². The summed E-state index contributed by atoms with van der Waals surface area (Å²) >= 11 is 0.977. The van der Waals surface area contributed by atoms with Gasteiger partial charge in [-0.3, -0.25) is 4.79 Å². The lowest BCUT2D eigenvalue weighted by Crippen LogP contribution is -2.26. The Hall–Kier alpha value is -2.00. The van der Waals surface area contributed by atoms with E-state index in [-0.39, 0.29) is 10.4 Å². The number of sulfone groups is 1. The Bertz CT molecular complexity index is 952. The summed E-state index contributed by atoms with van der Waals surface area (Å²) in [6.07, 6.45) is 0.0612. The molecule has 0 radical (unpaired) electrons. The molecule has 1 heterocycles. The van der Waals surface area contributed by atoms with Gasteiger partial charge in [-0.05, 0) is 29.8 Å². The van der Waals surface area contributed by atoms with Gasteiger partial charge >= 0.3 is 5.51 Å². The maximum absolute atomic E-state index is 13.0. The lowest BCUT2D eigenvalue weighted by Gasteiger charge is -2.14. The van der Waals surface area contributed by atoms with Gasteiger partial charge in [0, 0.05) is 21.7 Å². The van der Waals surface area contributed by atoms with E-state index in [4.69, 9.17) is 0 Å². The minimum atomic E-state index is -5.54. The van der Waals surface area contributed by atoms with Crippen LogP contribution >= 0.6 is 11.3 Å². The lowest BCUT2D eigenvalue weighted by molar-refractivity contribution is -0.0426. The van der Waals surface area contributed by atoms with Gasteiger partial charge in [-0.2, -0.15) is 13.2 Å². The van der Waals surface area contributed by atoms with Crippen molar-refractivity contribution in [2.45, 2.75) is 11.9 Å². The van der Waals surface area contributed by atoms with Crippen molar-refractivity contribution in [2.24, 2.45) is 0 Å². The van der Waals surface area contributed by atoms with Crippen molar-refractivity contribution < 1.29 is 30.8 Å². The molecule has 0 N–H and O–H groups in total. The zero-order chi connectivity index (χ0) is 17.7. The number of carbonyl (C=O) groups excluding carboxylic acids is 1. The fourth-order valence-corrected chi connectivity index (χ4v) is 4.38. The molecule has 3 nitrogen and oxygen atoms in total. The molecule has 126 valence electrons. The third-order valence-corrected chi connectivity index (χ3v) is 6.16. The van der Waals surface area contributed by atoms with Crippen LogP contribution in [0.15, 0.2) is 35.2 Å². The average molecular weight is 376 g/mol. The Kier molecular flexibility index (Phi) is 3.88. The van der Waals surface area contributed by atoms with Crippen molar-refractivity contribution in [2.75, 3.05) is 0 Å². The molecule has 1 aromatic carbocycles. The van der Waals surface area contributed by atoms with E-state index in [0.717, 1.165) is 17.4 Å². The molecule has 1 aliphatic rings. The second-order valence-corrected chi connectivity index (χ2v) is 8.13. The zero-order valence-electron chi connectivity index (χ0n) is 11.7. The molecule has 1 aromatic heterocycles. The van der Waals surface area contributed by atoms with Gasteiger partial charge in [0.1, 0.15) is 5.82 Å². The van der Waals surface area contributed by atoms with Crippen LogP contribution in [0.25, 0.3) is 16.5 Å². The highest BCUT2D eigenvalue weighted by atomic mass is 32.2. The Morgan fingerprint density at radius 2 is 1.71 bits per heavy atom. The first-order valence-electron chi connectivity index (χ1n) is 6.54. The van der Waals surface area contributed by atoms with Crippen LogP contribution in [0.5, 0.6) is 0 Å². The molecule has 2 aromatic rings. The van der Waals surface area contributed by atoms with Crippen LogP contribution in [0.1, 0.15) is 21.7 Å². The average Bonchev–Trinajstić information content (AvgIpc) is 2.91. The van der Waals surface area contributed by atoms with Crippen LogP contribution in [0, 0.1) is 5.82 Å². The lowest BCUT2D eigenvalue weighted by atomic mass is 10.0. The fourth-order valence-electron chi connectivity index (χ4n) is 2.26. The van der Waals surface area contributed by atoms with Gasteiger partial charge in [0.15, 0.2) is 5.78 Å². The van der Waals surface area contributed by atoms with Gasteiger partial charge in [0.2, 0.25) is 0 Å². The molecule has 9 heteroatoms. The summed E-state index contributed by atoms with van der Waals surface area (Å²) in [4.78, 5) is 11.8. The van der Waals surface area contributed by atoms with Crippen LogP contribution in [0.2, 0.25) is 0 Å². The number of Topliss-reactive ketones (excluding diaryl/α,β-unsaturated/α-hetero) is 1. The summed E-state index contributed by atoms with van der Waals surface area (Å²) < 4.78 is 73.9. The molecule has 24 heavy (non-hydrogen) atoms. The minimum Gasteiger partial charge on any atom is -0.294 e. The number of halogens is 4. The quantitative estimate of drug-likeness (QED) is 0.730. The van der Waals surface area contributed by atoms with E-state index in [2.05, 4.69) is 0 Å². The summed E-state index contributed by atoms with van der Waals surface area (Å²) in [6.45, 7) is 0. The van der Waals surface area contributed by atoms with E-state index in [1.54, 1.807) is 0 Å². The SMILES string of the molecule is O=C1CC(S(=O)(=O)C(F)(F)F)=Cc2sc(-c3ccc(F)cc3)cc21. The van der Waals surface area contributed by atoms with Crippen LogP contribution in [0.3, 0.4) is 0 Å². The Labute approximate surface area is 138 Å². The summed E-state index contributed by atoms with van der Waals surface area (Å²) in [6, 6.07) is 6.84. The molecule has 0 atom stereocenters. The number of allylic oxidation sites excluding steroid dienone is 1. The first kappa shape index (κ1) is 16.8. The molecule has 0 amide bonds. The number of fused-ring (bicyclic) bond motifs is 1. The Morgan fingerprint density at radius 1 is 1.08 bits per heavy atom. The van der Waals surface area contributed by atoms with Gasteiger partial charge in [-0.25, -0.2) is 12.8 Å². The highest BCUT2D eigenvalue weighted by Gasteiger charge is 2.49. The van der Waals surface area contributed by atoms with E-state index >= 15 is 0 Å². The molecular formula is C15H8F4O3S2. The Balaban J connectivity index is 2.08. The first-order chi connectivity index (χ1) is 11.1. The summed E-state index contributed by atoms with van der Waals surface area (Å²) in [5.41, 5.74) is -4.70.